The summed E-state index contributed by atoms with van der Waals surface area (Å²) in [6, 6.07) is 0. The summed E-state index contributed by atoms with van der Waals surface area (Å²) in [5, 5.41) is 3.11. The molecular formula is C15H30N2O. The Balaban J connectivity index is 2.28. The van der Waals surface area contributed by atoms with Crippen LogP contribution in [0.2, 0.25) is 0 Å². The molecule has 0 saturated heterocycles. The maximum atomic E-state index is 11.9. The molecule has 1 amide bonds. The van der Waals surface area contributed by atoms with Crippen LogP contribution in [-0.4, -0.2) is 19.0 Å². The number of amides is 1. The van der Waals surface area contributed by atoms with Gasteiger partial charge in [-0.25, -0.2) is 0 Å². The van der Waals surface area contributed by atoms with Crippen molar-refractivity contribution in [1.29, 1.82) is 0 Å². The van der Waals surface area contributed by atoms with E-state index in [2.05, 4.69) is 33.0 Å². The van der Waals surface area contributed by atoms with Gasteiger partial charge in [-0.15, -0.1) is 0 Å². The topological polar surface area (TPSA) is 55.1 Å². The Morgan fingerprint density at radius 1 is 1.28 bits per heavy atom. The van der Waals surface area contributed by atoms with Crippen molar-refractivity contribution < 1.29 is 4.79 Å². The summed E-state index contributed by atoms with van der Waals surface area (Å²) in [6.45, 7) is 10.3. The standard InChI is InChI=1S/C15H30N2O/c1-11(2)7-13(9-16)8-14(18)17-10-15(5-6-15)12(3)4/h11-13H,5-10,16H2,1-4H3,(H,17,18)/t13-/m0/s1. The zero-order valence-electron chi connectivity index (χ0n) is 12.5. The van der Waals surface area contributed by atoms with Gasteiger partial charge in [0.1, 0.15) is 0 Å². The molecule has 0 heterocycles. The number of carbonyl (C=O) groups is 1. The Morgan fingerprint density at radius 3 is 2.28 bits per heavy atom. The number of carbonyl (C=O) groups excluding carboxylic acids is 1. The Hall–Kier alpha value is -0.570. The van der Waals surface area contributed by atoms with Gasteiger partial charge in [-0.3, -0.25) is 4.79 Å². The molecule has 1 aliphatic rings. The van der Waals surface area contributed by atoms with E-state index in [9.17, 15) is 4.79 Å². The fourth-order valence-electron chi connectivity index (χ4n) is 2.66. The minimum absolute atomic E-state index is 0.179. The quantitative estimate of drug-likeness (QED) is 0.699. The maximum absolute atomic E-state index is 11.9. The molecule has 0 spiro atoms. The maximum Gasteiger partial charge on any atom is 0.220 e. The largest absolute Gasteiger partial charge is 0.356 e. The van der Waals surface area contributed by atoms with E-state index in [-0.39, 0.29) is 5.91 Å². The smallest absolute Gasteiger partial charge is 0.220 e. The second-order valence-electron chi connectivity index (χ2n) is 6.73. The predicted octanol–water partition coefficient (Wildman–Crippen LogP) is 2.55. The molecule has 0 unspecified atom stereocenters. The van der Waals surface area contributed by atoms with E-state index in [0.717, 1.165) is 13.0 Å². The highest BCUT2D eigenvalue weighted by Gasteiger charge is 2.45. The van der Waals surface area contributed by atoms with Crippen molar-refractivity contribution in [3.8, 4) is 0 Å². The van der Waals surface area contributed by atoms with Crippen LogP contribution in [0.15, 0.2) is 0 Å². The minimum Gasteiger partial charge on any atom is -0.356 e. The highest BCUT2D eigenvalue weighted by molar-refractivity contribution is 5.76. The van der Waals surface area contributed by atoms with Crippen molar-refractivity contribution >= 4 is 5.91 Å². The Morgan fingerprint density at radius 2 is 1.89 bits per heavy atom. The number of hydrogen-bond acceptors (Lipinski definition) is 2. The van der Waals surface area contributed by atoms with Crippen molar-refractivity contribution in [2.45, 2.75) is 53.4 Å². The average molecular weight is 254 g/mol. The van der Waals surface area contributed by atoms with Gasteiger partial charge in [0.25, 0.3) is 0 Å². The van der Waals surface area contributed by atoms with Crippen LogP contribution in [0.5, 0.6) is 0 Å². The second kappa shape index (κ2) is 6.55. The number of rotatable bonds is 8. The first-order valence-corrected chi connectivity index (χ1v) is 7.36. The molecule has 3 N–H and O–H groups in total. The van der Waals surface area contributed by atoms with E-state index in [1.165, 1.54) is 12.8 Å². The molecule has 0 aromatic rings. The van der Waals surface area contributed by atoms with Gasteiger partial charge in [-0.05, 0) is 49.0 Å². The van der Waals surface area contributed by atoms with Crippen LogP contribution in [0.1, 0.15) is 53.4 Å². The van der Waals surface area contributed by atoms with Crippen LogP contribution in [0.25, 0.3) is 0 Å². The molecule has 0 radical (unpaired) electrons. The third-order valence-electron chi connectivity index (χ3n) is 4.37. The van der Waals surface area contributed by atoms with E-state index in [4.69, 9.17) is 5.73 Å². The van der Waals surface area contributed by atoms with E-state index >= 15 is 0 Å². The molecule has 1 saturated carbocycles. The lowest BCUT2D eigenvalue weighted by Crippen LogP contribution is -2.34. The fraction of sp³-hybridized carbons (Fsp3) is 0.933. The van der Waals surface area contributed by atoms with Crippen LogP contribution in [0.3, 0.4) is 0 Å². The SMILES string of the molecule is CC(C)C[C@H](CN)CC(=O)NCC1(C(C)C)CC1. The van der Waals surface area contributed by atoms with Crippen LogP contribution in [0.4, 0.5) is 0 Å². The third kappa shape index (κ3) is 4.60. The van der Waals surface area contributed by atoms with E-state index in [1.807, 2.05) is 0 Å². The van der Waals surface area contributed by atoms with Crippen molar-refractivity contribution in [2.75, 3.05) is 13.1 Å². The minimum atomic E-state index is 0.179. The summed E-state index contributed by atoms with van der Waals surface area (Å²) < 4.78 is 0. The van der Waals surface area contributed by atoms with Crippen molar-refractivity contribution in [1.82, 2.24) is 5.32 Å². The van der Waals surface area contributed by atoms with Crippen molar-refractivity contribution in [2.24, 2.45) is 28.9 Å². The first-order chi connectivity index (χ1) is 8.39. The van der Waals surface area contributed by atoms with E-state index in [0.29, 0.717) is 36.1 Å². The summed E-state index contributed by atoms with van der Waals surface area (Å²) in [6.07, 6.45) is 4.15. The third-order valence-corrected chi connectivity index (χ3v) is 4.37. The molecule has 1 aliphatic carbocycles. The zero-order chi connectivity index (χ0) is 13.8. The molecule has 106 valence electrons. The van der Waals surface area contributed by atoms with Gasteiger partial charge in [0.05, 0.1) is 0 Å². The zero-order valence-corrected chi connectivity index (χ0v) is 12.5. The summed E-state index contributed by atoms with van der Waals surface area (Å²) in [5.74, 6) is 1.78. The number of nitrogens with two attached hydrogens (primary N) is 1. The Kier molecular flexibility index (Phi) is 5.64. The summed E-state index contributed by atoms with van der Waals surface area (Å²) in [4.78, 5) is 11.9. The summed E-state index contributed by atoms with van der Waals surface area (Å²) >= 11 is 0. The summed E-state index contributed by atoms with van der Waals surface area (Å²) in [5.41, 5.74) is 6.13. The van der Waals surface area contributed by atoms with Crippen LogP contribution in [0, 0.1) is 23.2 Å². The van der Waals surface area contributed by atoms with Crippen molar-refractivity contribution in [3.63, 3.8) is 0 Å². The van der Waals surface area contributed by atoms with Gasteiger partial charge in [0.2, 0.25) is 5.91 Å². The second-order valence-corrected chi connectivity index (χ2v) is 6.73. The lowest BCUT2D eigenvalue weighted by molar-refractivity contribution is -0.122. The molecule has 0 bridgehead atoms. The molecule has 18 heavy (non-hydrogen) atoms. The molecular weight excluding hydrogens is 224 g/mol. The molecule has 1 fully saturated rings. The Labute approximate surface area is 112 Å². The molecule has 0 aromatic carbocycles. The first kappa shape index (κ1) is 15.5. The monoisotopic (exact) mass is 254 g/mol. The molecule has 3 nitrogen and oxygen atoms in total. The molecule has 0 aromatic heterocycles. The van der Waals surface area contributed by atoms with E-state index in [1.54, 1.807) is 0 Å². The normalized spacial score (nSPS) is 19.1. The summed E-state index contributed by atoms with van der Waals surface area (Å²) in [7, 11) is 0. The van der Waals surface area contributed by atoms with Crippen LogP contribution < -0.4 is 11.1 Å². The van der Waals surface area contributed by atoms with Gasteiger partial charge in [0.15, 0.2) is 0 Å². The lowest BCUT2D eigenvalue weighted by Gasteiger charge is -2.21. The number of nitrogens with one attached hydrogen (secondary N) is 1. The Bertz CT molecular complexity index is 270. The van der Waals surface area contributed by atoms with Gasteiger partial charge in [-0.2, -0.15) is 0 Å². The average Bonchev–Trinajstić information content (AvgIpc) is 3.06. The van der Waals surface area contributed by atoms with Gasteiger partial charge in [-0.1, -0.05) is 27.7 Å². The highest BCUT2D eigenvalue weighted by atomic mass is 16.1. The lowest BCUT2D eigenvalue weighted by atomic mass is 9.91. The highest BCUT2D eigenvalue weighted by Crippen LogP contribution is 2.51. The van der Waals surface area contributed by atoms with Crippen LogP contribution >= 0.6 is 0 Å². The van der Waals surface area contributed by atoms with E-state index < -0.39 is 0 Å². The van der Waals surface area contributed by atoms with Gasteiger partial charge < -0.3 is 11.1 Å². The fourth-order valence-corrected chi connectivity index (χ4v) is 2.66. The molecule has 1 atom stereocenters. The predicted molar refractivity (Wildman–Crippen MR) is 76.1 cm³/mol. The molecule has 3 heteroatoms. The molecule has 0 aliphatic heterocycles. The van der Waals surface area contributed by atoms with Crippen molar-refractivity contribution in [3.05, 3.63) is 0 Å². The first-order valence-electron chi connectivity index (χ1n) is 7.36. The van der Waals surface area contributed by atoms with Crippen LogP contribution in [-0.2, 0) is 4.79 Å². The van der Waals surface area contributed by atoms with Gasteiger partial charge in [0, 0.05) is 13.0 Å². The number of hydrogen-bond donors (Lipinski definition) is 2. The van der Waals surface area contributed by atoms with Gasteiger partial charge >= 0.3 is 0 Å². The molecule has 1 rings (SSSR count).